The Morgan fingerprint density at radius 2 is 2.14 bits per heavy atom. The van der Waals surface area contributed by atoms with Crippen LogP contribution < -0.4 is 5.43 Å². The third kappa shape index (κ3) is 3.37. The van der Waals surface area contributed by atoms with Crippen LogP contribution in [0.2, 0.25) is 0 Å². The van der Waals surface area contributed by atoms with E-state index in [9.17, 15) is 4.79 Å². The Balaban J connectivity index is 2.52. The van der Waals surface area contributed by atoms with Gasteiger partial charge in [-0.05, 0) is 12.5 Å². The number of hydrazone groups is 1. The Morgan fingerprint density at radius 1 is 1.50 bits per heavy atom. The largest absolute Gasteiger partial charge is 0.386 e. The molecule has 0 aromatic heterocycles. The quantitative estimate of drug-likeness (QED) is 0.539. The number of rotatable bonds is 3. The number of carbonyl (C=O) groups is 1. The van der Waals surface area contributed by atoms with Gasteiger partial charge in [-0.3, -0.25) is 4.79 Å². The van der Waals surface area contributed by atoms with E-state index in [0.717, 1.165) is 5.56 Å². The van der Waals surface area contributed by atoms with Crippen molar-refractivity contribution in [1.82, 2.24) is 5.43 Å². The van der Waals surface area contributed by atoms with Crippen LogP contribution in [0, 0.1) is 6.92 Å². The molecular weight excluding hydrogens is 180 g/mol. The van der Waals surface area contributed by atoms with Crippen LogP contribution in [-0.4, -0.2) is 23.8 Å². The van der Waals surface area contributed by atoms with Gasteiger partial charge in [0, 0.05) is 0 Å². The summed E-state index contributed by atoms with van der Waals surface area (Å²) in [4.78, 5) is 10.6. The molecule has 1 amide bonds. The number of nitrogens with zero attached hydrogens (tertiary/aromatic N) is 1. The zero-order valence-corrected chi connectivity index (χ0v) is 7.90. The highest BCUT2D eigenvalue weighted by Gasteiger charge is 1.92. The molecule has 0 aliphatic carbocycles. The van der Waals surface area contributed by atoms with Crippen molar-refractivity contribution in [2.45, 2.75) is 6.92 Å². The molecule has 0 bridgehead atoms. The molecule has 0 atom stereocenters. The fourth-order valence-electron chi connectivity index (χ4n) is 0.867. The molecule has 4 nitrogen and oxygen atoms in total. The zero-order valence-electron chi connectivity index (χ0n) is 7.90. The lowest BCUT2D eigenvalue weighted by Crippen LogP contribution is -2.20. The summed E-state index contributed by atoms with van der Waals surface area (Å²) in [5, 5.41) is 12.0. The van der Waals surface area contributed by atoms with Crippen LogP contribution in [0.5, 0.6) is 0 Å². The number of benzene rings is 1. The first kappa shape index (κ1) is 10.4. The van der Waals surface area contributed by atoms with Gasteiger partial charge in [-0.15, -0.1) is 0 Å². The molecule has 1 aromatic carbocycles. The van der Waals surface area contributed by atoms with E-state index in [1.165, 1.54) is 11.8 Å². The summed E-state index contributed by atoms with van der Waals surface area (Å²) in [7, 11) is 0. The molecule has 2 N–H and O–H groups in total. The molecule has 0 unspecified atom stereocenters. The van der Waals surface area contributed by atoms with Crippen LogP contribution in [0.4, 0.5) is 0 Å². The van der Waals surface area contributed by atoms with Crippen LogP contribution in [0.15, 0.2) is 29.4 Å². The van der Waals surface area contributed by atoms with Gasteiger partial charge in [0.25, 0.3) is 5.91 Å². The van der Waals surface area contributed by atoms with Crippen molar-refractivity contribution in [2.75, 3.05) is 6.61 Å². The predicted molar refractivity (Wildman–Crippen MR) is 54.0 cm³/mol. The number of aryl methyl sites for hydroxylation is 1. The monoisotopic (exact) mass is 192 g/mol. The van der Waals surface area contributed by atoms with Gasteiger partial charge in [-0.25, -0.2) is 5.43 Å². The summed E-state index contributed by atoms with van der Waals surface area (Å²) >= 11 is 0. The second-order valence-electron chi connectivity index (χ2n) is 2.86. The fraction of sp³-hybridized carbons (Fsp3) is 0.200. The summed E-state index contributed by atoms with van der Waals surface area (Å²) in [6.45, 7) is 1.44. The molecule has 0 fully saturated rings. The van der Waals surface area contributed by atoms with E-state index in [0.29, 0.717) is 0 Å². The van der Waals surface area contributed by atoms with E-state index in [4.69, 9.17) is 5.11 Å². The standard InChI is InChI=1S/C10H12N2O2/c1-8-2-4-9(5-3-8)6-11-12-10(14)7-13/h2-6,13H,7H2,1H3,(H,12,14). The van der Waals surface area contributed by atoms with Gasteiger partial charge >= 0.3 is 0 Å². The predicted octanol–water partition coefficient (Wildman–Crippen LogP) is 0.437. The van der Waals surface area contributed by atoms with Crippen molar-refractivity contribution in [1.29, 1.82) is 0 Å². The molecule has 0 saturated heterocycles. The van der Waals surface area contributed by atoms with E-state index in [-0.39, 0.29) is 0 Å². The first-order valence-electron chi connectivity index (χ1n) is 4.22. The van der Waals surface area contributed by atoms with Gasteiger partial charge in [0.05, 0.1) is 6.21 Å². The fourth-order valence-corrected chi connectivity index (χ4v) is 0.867. The Bertz CT molecular complexity index is 330. The molecule has 0 radical (unpaired) electrons. The average molecular weight is 192 g/mol. The minimum absolute atomic E-state index is 0.520. The number of amides is 1. The number of hydrogen-bond donors (Lipinski definition) is 2. The van der Waals surface area contributed by atoms with Crippen molar-refractivity contribution in [3.05, 3.63) is 35.4 Å². The SMILES string of the molecule is Cc1ccc(C=NNC(=O)CO)cc1. The van der Waals surface area contributed by atoms with E-state index < -0.39 is 12.5 Å². The Kier molecular flexibility index (Phi) is 3.82. The maximum absolute atomic E-state index is 10.6. The molecule has 14 heavy (non-hydrogen) atoms. The van der Waals surface area contributed by atoms with Gasteiger partial charge in [-0.2, -0.15) is 5.10 Å². The van der Waals surface area contributed by atoms with Gasteiger partial charge in [-0.1, -0.05) is 29.8 Å². The first-order valence-corrected chi connectivity index (χ1v) is 4.22. The lowest BCUT2D eigenvalue weighted by Gasteiger charge is -1.95. The molecule has 1 rings (SSSR count). The van der Waals surface area contributed by atoms with Crippen molar-refractivity contribution in [3.63, 3.8) is 0 Å². The molecule has 0 spiro atoms. The maximum atomic E-state index is 10.6. The minimum Gasteiger partial charge on any atom is -0.386 e. The van der Waals surface area contributed by atoms with Crippen molar-refractivity contribution >= 4 is 12.1 Å². The third-order valence-electron chi connectivity index (χ3n) is 1.62. The smallest absolute Gasteiger partial charge is 0.265 e. The summed E-state index contributed by atoms with van der Waals surface area (Å²) in [5.74, 6) is -0.520. The van der Waals surface area contributed by atoms with E-state index in [2.05, 4.69) is 10.5 Å². The van der Waals surface area contributed by atoms with Crippen molar-refractivity contribution in [3.8, 4) is 0 Å². The number of aliphatic hydroxyl groups excluding tert-OH is 1. The highest BCUT2D eigenvalue weighted by atomic mass is 16.3. The second-order valence-corrected chi connectivity index (χ2v) is 2.86. The highest BCUT2D eigenvalue weighted by molar-refractivity contribution is 5.82. The molecule has 1 aromatic rings. The number of hydrogen-bond acceptors (Lipinski definition) is 3. The van der Waals surface area contributed by atoms with Crippen molar-refractivity contribution < 1.29 is 9.90 Å². The molecule has 0 aliphatic heterocycles. The van der Waals surface area contributed by atoms with E-state index in [1.54, 1.807) is 0 Å². The summed E-state index contributed by atoms with van der Waals surface area (Å²) in [5.41, 5.74) is 4.24. The highest BCUT2D eigenvalue weighted by Crippen LogP contribution is 1.99. The van der Waals surface area contributed by atoms with Crippen LogP contribution in [0.1, 0.15) is 11.1 Å². The first-order chi connectivity index (χ1) is 6.72. The molecule has 0 aliphatic rings. The summed E-state index contributed by atoms with van der Waals surface area (Å²) in [6, 6.07) is 7.69. The Hall–Kier alpha value is -1.68. The molecule has 0 heterocycles. The van der Waals surface area contributed by atoms with Crippen LogP contribution in [-0.2, 0) is 4.79 Å². The third-order valence-corrected chi connectivity index (χ3v) is 1.62. The number of carbonyl (C=O) groups excluding carboxylic acids is 1. The molecular formula is C10H12N2O2. The van der Waals surface area contributed by atoms with Crippen molar-refractivity contribution in [2.24, 2.45) is 5.10 Å². The van der Waals surface area contributed by atoms with Crippen LogP contribution in [0.25, 0.3) is 0 Å². The Morgan fingerprint density at radius 3 is 2.71 bits per heavy atom. The Labute approximate surface area is 82.3 Å². The minimum atomic E-state index is -0.550. The lowest BCUT2D eigenvalue weighted by atomic mass is 10.2. The van der Waals surface area contributed by atoms with Gasteiger partial charge in [0.2, 0.25) is 0 Å². The van der Waals surface area contributed by atoms with Crippen LogP contribution in [0.3, 0.4) is 0 Å². The summed E-state index contributed by atoms with van der Waals surface area (Å²) in [6.07, 6.45) is 1.52. The molecule has 4 heteroatoms. The topological polar surface area (TPSA) is 61.7 Å². The zero-order chi connectivity index (χ0) is 10.4. The van der Waals surface area contributed by atoms with Gasteiger partial charge in [0.1, 0.15) is 6.61 Å². The normalized spacial score (nSPS) is 10.4. The van der Waals surface area contributed by atoms with Gasteiger partial charge in [0.15, 0.2) is 0 Å². The van der Waals surface area contributed by atoms with Gasteiger partial charge < -0.3 is 5.11 Å². The second kappa shape index (κ2) is 5.14. The van der Waals surface area contributed by atoms with E-state index >= 15 is 0 Å². The molecule has 74 valence electrons. The van der Waals surface area contributed by atoms with Crippen LogP contribution >= 0.6 is 0 Å². The maximum Gasteiger partial charge on any atom is 0.265 e. The van der Waals surface area contributed by atoms with E-state index in [1.807, 2.05) is 31.2 Å². The molecule has 0 saturated carbocycles. The number of nitrogens with one attached hydrogen (secondary N) is 1. The lowest BCUT2D eigenvalue weighted by molar-refractivity contribution is -0.123. The number of aliphatic hydroxyl groups is 1. The summed E-state index contributed by atoms with van der Waals surface area (Å²) < 4.78 is 0. The average Bonchev–Trinajstić information content (AvgIpc) is 2.21.